The number of hydrogen-bond donors (Lipinski definition) is 0. The third kappa shape index (κ3) is 3.38. The summed E-state index contributed by atoms with van der Waals surface area (Å²) in [6.07, 6.45) is 0.442. The maximum absolute atomic E-state index is 13.8. The molecule has 1 aromatic heterocycles. The Balaban J connectivity index is 1.44. The predicted octanol–water partition coefficient (Wildman–Crippen LogP) is 2.60. The lowest BCUT2D eigenvalue weighted by Gasteiger charge is -2.35. The van der Waals surface area contributed by atoms with Gasteiger partial charge in [0.05, 0.1) is 13.0 Å². The van der Waals surface area contributed by atoms with Crippen LogP contribution >= 0.6 is 0 Å². The lowest BCUT2D eigenvalue weighted by atomic mass is 10.0. The number of aromatic nitrogens is 2. The second-order valence-electron chi connectivity index (χ2n) is 6.49. The van der Waals surface area contributed by atoms with Gasteiger partial charge in [-0.3, -0.25) is 0 Å². The second kappa shape index (κ2) is 7.33. The molecule has 1 aliphatic rings. The van der Waals surface area contributed by atoms with Crippen LogP contribution < -0.4 is 4.74 Å². The maximum atomic E-state index is 13.8. The van der Waals surface area contributed by atoms with Gasteiger partial charge in [0.15, 0.2) is 5.82 Å². The fourth-order valence-electron chi connectivity index (χ4n) is 3.11. The van der Waals surface area contributed by atoms with E-state index in [0.29, 0.717) is 18.1 Å². The minimum Gasteiger partial charge on any atom is -0.496 e. The van der Waals surface area contributed by atoms with E-state index in [4.69, 9.17) is 9.26 Å². The first kappa shape index (κ1) is 18.6. The molecule has 2 heterocycles. The predicted molar refractivity (Wildman–Crippen MR) is 98.0 cm³/mol. The highest BCUT2D eigenvalue weighted by molar-refractivity contribution is 7.89. The number of rotatable bonds is 6. The van der Waals surface area contributed by atoms with E-state index >= 15 is 0 Å². The van der Waals surface area contributed by atoms with Crippen LogP contribution in [0, 0.1) is 5.82 Å². The van der Waals surface area contributed by atoms with Crippen molar-refractivity contribution < 1.29 is 22.1 Å². The van der Waals surface area contributed by atoms with Crippen LogP contribution in [0.4, 0.5) is 4.39 Å². The number of hydrogen-bond acceptors (Lipinski definition) is 6. The third-order valence-electron chi connectivity index (χ3n) is 4.68. The van der Waals surface area contributed by atoms with Crippen molar-refractivity contribution in [2.45, 2.75) is 17.2 Å². The molecule has 0 amide bonds. The van der Waals surface area contributed by atoms with E-state index in [1.54, 1.807) is 7.11 Å². The van der Waals surface area contributed by atoms with E-state index in [-0.39, 0.29) is 23.9 Å². The fraction of sp³-hybridized carbons (Fsp3) is 0.263. The molecule has 0 spiro atoms. The van der Waals surface area contributed by atoms with Gasteiger partial charge in [-0.2, -0.15) is 9.29 Å². The Bertz CT molecular complexity index is 1090. The highest BCUT2D eigenvalue weighted by Crippen LogP contribution is 2.32. The molecule has 1 aliphatic heterocycles. The average molecular weight is 403 g/mol. The van der Waals surface area contributed by atoms with Gasteiger partial charge >= 0.3 is 0 Å². The first-order chi connectivity index (χ1) is 13.5. The zero-order chi connectivity index (χ0) is 19.7. The number of para-hydroxylation sites is 1. The van der Waals surface area contributed by atoms with Gasteiger partial charge in [-0.05, 0) is 18.2 Å². The molecule has 0 aliphatic carbocycles. The van der Waals surface area contributed by atoms with E-state index in [0.717, 1.165) is 17.4 Å². The molecular formula is C19H18FN3O4S. The Morgan fingerprint density at radius 1 is 1.18 bits per heavy atom. The van der Waals surface area contributed by atoms with Crippen molar-refractivity contribution in [2.75, 3.05) is 20.2 Å². The monoisotopic (exact) mass is 403 g/mol. The molecule has 2 aromatic carbocycles. The number of ether oxygens (including phenoxy) is 1. The van der Waals surface area contributed by atoms with Gasteiger partial charge in [-0.15, -0.1) is 0 Å². The molecule has 0 bridgehead atoms. The number of sulfonamides is 1. The summed E-state index contributed by atoms with van der Waals surface area (Å²) >= 11 is 0. The standard InChI is InChI=1S/C19H18FN3O4S/c1-26-16-8-4-2-6-13(16)10-18-21-19(27-22-18)14-11-23(12-14)28(24,25)17-9-5-3-7-15(17)20/h2-9,14H,10-12H2,1H3. The van der Waals surface area contributed by atoms with Gasteiger partial charge in [0.2, 0.25) is 15.9 Å². The number of methoxy groups -OCH3 is 1. The van der Waals surface area contributed by atoms with Crippen molar-refractivity contribution in [3.8, 4) is 5.75 Å². The Hall–Kier alpha value is -2.78. The van der Waals surface area contributed by atoms with Crippen LogP contribution in [0.5, 0.6) is 5.75 Å². The first-order valence-electron chi connectivity index (χ1n) is 8.68. The lowest BCUT2D eigenvalue weighted by molar-refractivity contribution is 0.216. The molecule has 9 heteroatoms. The van der Waals surface area contributed by atoms with Gasteiger partial charge in [-0.25, -0.2) is 12.8 Å². The van der Waals surface area contributed by atoms with E-state index in [1.807, 2.05) is 24.3 Å². The molecule has 1 fully saturated rings. The van der Waals surface area contributed by atoms with Crippen LogP contribution in [0.2, 0.25) is 0 Å². The van der Waals surface area contributed by atoms with Crippen molar-refractivity contribution in [3.63, 3.8) is 0 Å². The second-order valence-corrected chi connectivity index (χ2v) is 8.39. The summed E-state index contributed by atoms with van der Waals surface area (Å²) in [7, 11) is -2.28. The molecular weight excluding hydrogens is 385 g/mol. The highest BCUT2D eigenvalue weighted by atomic mass is 32.2. The van der Waals surface area contributed by atoms with Crippen LogP contribution in [0.3, 0.4) is 0 Å². The van der Waals surface area contributed by atoms with Crippen LogP contribution in [0.15, 0.2) is 57.9 Å². The number of halogens is 1. The zero-order valence-corrected chi connectivity index (χ0v) is 15.9. The molecule has 0 atom stereocenters. The largest absolute Gasteiger partial charge is 0.496 e. The van der Waals surface area contributed by atoms with E-state index in [9.17, 15) is 12.8 Å². The Morgan fingerprint density at radius 3 is 2.64 bits per heavy atom. The molecule has 1 saturated heterocycles. The van der Waals surface area contributed by atoms with Crippen LogP contribution in [-0.2, 0) is 16.4 Å². The van der Waals surface area contributed by atoms with Crippen molar-refractivity contribution in [3.05, 3.63) is 71.6 Å². The Morgan fingerprint density at radius 2 is 1.89 bits per heavy atom. The van der Waals surface area contributed by atoms with Gasteiger partial charge < -0.3 is 9.26 Å². The summed E-state index contributed by atoms with van der Waals surface area (Å²) < 4.78 is 50.7. The summed E-state index contributed by atoms with van der Waals surface area (Å²) in [5.41, 5.74) is 0.926. The Labute approximate surface area is 161 Å². The molecule has 146 valence electrons. The van der Waals surface area contributed by atoms with Crippen molar-refractivity contribution in [1.82, 2.24) is 14.4 Å². The number of nitrogens with zero attached hydrogens (tertiary/aromatic N) is 3. The van der Waals surface area contributed by atoms with Crippen LogP contribution in [0.25, 0.3) is 0 Å². The smallest absolute Gasteiger partial charge is 0.246 e. The van der Waals surface area contributed by atoms with E-state index in [2.05, 4.69) is 10.1 Å². The van der Waals surface area contributed by atoms with E-state index < -0.39 is 15.8 Å². The summed E-state index contributed by atoms with van der Waals surface area (Å²) in [4.78, 5) is 4.06. The highest BCUT2D eigenvalue weighted by Gasteiger charge is 2.41. The topological polar surface area (TPSA) is 85.5 Å². The quantitative estimate of drug-likeness (QED) is 0.629. The lowest BCUT2D eigenvalue weighted by Crippen LogP contribution is -2.48. The average Bonchev–Trinajstić information content (AvgIpc) is 3.09. The molecule has 0 N–H and O–H groups in total. The maximum Gasteiger partial charge on any atom is 0.246 e. The van der Waals surface area contributed by atoms with Gasteiger partial charge in [0.1, 0.15) is 16.5 Å². The van der Waals surface area contributed by atoms with Crippen molar-refractivity contribution in [1.29, 1.82) is 0 Å². The summed E-state index contributed by atoms with van der Waals surface area (Å²) in [6, 6.07) is 12.9. The normalized spacial score (nSPS) is 15.4. The third-order valence-corrected chi connectivity index (χ3v) is 6.54. The van der Waals surface area contributed by atoms with Crippen molar-refractivity contribution in [2.24, 2.45) is 0 Å². The first-order valence-corrected chi connectivity index (χ1v) is 10.1. The molecule has 28 heavy (non-hydrogen) atoms. The minimum absolute atomic E-state index is 0.174. The summed E-state index contributed by atoms with van der Waals surface area (Å²) in [5, 5.41) is 3.98. The molecule has 0 saturated carbocycles. The molecule has 4 rings (SSSR count). The van der Waals surface area contributed by atoms with E-state index in [1.165, 1.54) is 22.5 Å². The summed E-state index contributed by atoms with van der Waals surface area (Å²) in [6.45, 7) is 0.347. The molecule has 3 aromatic rings. The van der Waals surface area contributed by atoms with Crippen molar-refractivity contribution >= 4 is 10.0 Å². The molecule has 0 radical (unpaired) electrons. The zero-order valence-electron chi connectivity index (χ0n) is 15.1. The fourth-order valence-corrected chi connectivity index (χ4v) is 4.70. The Kier molecular flexibility index (Phi) is 4.86. The van der Waals surface area contributed by atoms with Gasteiger partial charge in [0.25, 0.3) is 0 Å². The molecule has 7 nitrogen and oxygen atoms in total. The SMILES string of the molecule is COc1ccccc1Cc1noc(C2CN(S(=O)(=O)c3ccccc3F)C2)n1. The minimum atomic E-state index is -3.87. The van der Waals surface area contributed by atoms with Gasteiger partial charge in [-0.1, -0.05) is 35.5 Å². The molecule has 0 unspecified atom stereocenters. The van der Waals surface area contributed by atoms with Gasteiger partial charge in [0, 0.05) is 25.1 Å². The van der Waals surface area contributed by atoms with Crippen LogP contribution in [-0.4, -0.2) is 43.1 Å². The van der Waals surface area contributed by atoms with Crippen LogP contribution in [0.1, 0.15) is 23.2 Å². The number of benzene rings is 2. The summed E-state index contributed by atoms with van der Waals surface area (Å²) in [5.74, 6) is 0.641.